The van der Waals surface area contributed by atoms with Gasteiger partial charge in [-0.15, -0.1) is 21.5 Å². The van der Waals surface area contributed by atoms with E-state index in [0.717, 1.165) is 43.8 Å². The Hall–Kier alpha value is -1.49. The summed E-state index contributed by atoms with van der Waals surface area (Å²) < 4.78 is 7.31. The Balaban J connectivity index is 1.57. The number of hydrogen-bond donors (Lipinski definition) is 1. The maximum absolute atomic E-state index is 12.2. The van der Waals surface area contributed by atoms with Gasteiger partial charge in [-0.1, -0.05) is 11.8 Å². The van der Waals surface area contributed by atoms with Crippen molar-refractivity contribution < 1.29 is 9.53 Å². The lowest BCUT2D eigenvalue weighted by atomic mass is 10.4. The van der Waals surface area contributed by atoms with Gasteiger partial charge in [0.25, 0.3) is 0 Å². The maximum Gasteiger partial charge on any atom is 0.239 e. The van der Waals surface area contributed by atoms with Crippen LogP contribution < -0.4 is 5.32 Å². The van der Waals surface area contributed by atoms with Gasteiger partial charge in [0, 0.05) is 31.7 Å². The molecule has 0 aromatic carbocycles. The quantitative estimate of drug-likeness (QED) is 0.768. The highest BCUT2D eigenvalue weighted by atomic mass is 32.2. The largest absolute Gasteiger partial charge is 0.379 e. The predicted molar refractivity (Wildman–Crippen MR) is 93.2 cm³/mol. The fourth-order valence-electron chi connectivity index (χ4n) is 2.25. The summed E-state index contributed by atoms with van der Waals surface area (Å²) in [6.45, 7) is 5.92. The number of thioether (sulfide) groups is 1. The van der Waals surface area contributed by atoms with Crippen LogP contribution in [0, 0.1) is 0 Å². The number of nitrogens with one attached hydrogen (secondary N) is 1. The van der Waals surface area contributed by atoms with E-state index in [0.29, 0.717) is 5.13 Å². The summed E-state index contributed by atoms with van der Waals surface area (Å²) in [7, 11) is 1.93. The van der Waals surface area contributed by atoms with Gasteiger partial charge in [0.1, 0.15) is 5.82 Å². The number of rotatable bonds is 6. The number of amides is 1. The van der Waals surface area contributed by atoms with E-state index in [1.807, 2.05) is 23.9 Å². The van der Waals surface area contributed by atoms with Crippen molar-refractivity contribution in [2.75, 3.05) is 31.6 Å². The molecule has 0 saturated carbocycles. The highest BCUT2D eigenvalue weighted by Crippen LogP contribution is 2.23. The molecule has 0 radical (unpaired) electrons. The molecule has 1 amide bonds. The number of anilines is 1. The van der Waals surface area contributed by atoms with Crippen LogP contribution in [0.5, 0.6) is 0 Å². The smallest absolute Gasteiger partial charge is 0.239 e. The van der Waals surface area contributed by atoms with E-state index in [4.69, 9.17) is 4.74 Å². The maximum atomic E-state index is 12.2. The molecule has 0 spiro atoms. The summed E-state index contributed by atoms with van der Waals surface area (Å²) in [5.41, 5.74) is 0. The monoisotopic (exact) mass is 368 g/mol. The highest BCUT2D eigenvalue weighted by molar-refractivity contribution is 8.00. The average molecular weight is 368 g/mol. The van der Waals surface area contributed by atoms with Crippen molar-refractivity contribution in [3.8, 4) is 0 Å². The molecule has 1 atom stereocenters. The summed E-state index contributed by atoms with van der Waals surface area (Å²) in [6.07, 6.45) is 1.67. The average Bonchev–Trinajstić information content (AvgIpc) is 3.21. The van der Waals surface area contributed by atoms with Crippen LogP contribution in [0.4, 0.5) is 5.13 Å². The number of carbonyl (C=O) groups excluding carboxylic acids is 1. The van der Waals surface area contributed by atoms with Gasteiger partial charge in [0.05, 0.1) is 25.0 Å². The van der Waals surface area contributed by atoms with E-state index >= 15 is 0 Å². The Kier molecular flexibility index (Phi) is 5.82. The Labute approximate surface area is 148 Å². The molecule has 8 nitrogen and oxygen atoms in total. The molecule has 2 aromatic rings. The second-order valence-electron chi connectivity index (χ2n) is 5.43. The van der Waals surface area contributed by atoms with Crippen molar-refractivity contribution in [3.05, 3.63) is 17.4 Å². The fraction of sp³-hybridized carbons (Fsp3) is 0.571. The Morgan fingerprint density at radius 3 is 2.96 bits per heavy atom. The highest BCUT2D eigenvalue weighted by Gasteiger charge is 2.21. The lowest BCUT2D eigenvalue weighted by molar-refractivity contribution is -0.115. The molecule has 2 aromatic heterocycles. The Bertz CT molecular complexity index is 669. The molecule has 3 rings (SSSR count). The Morgan fingerprint density at radius 1 is 1.46 bits per heavy atom. The fourth-order valence-corrected chi connectivity index (χ4v) is 3.61. The van der Waals surface area contributed by atoms with Crippen LogP contribution in [0.15, 0.2) is 16.7 Å². The Morgan fingerprint density at radius 2 is 2.25 bits per heavy atom. The molecular formula is C14H20N6O2S2. The van der Waals surface area contributed by atoms with Crippen LogP contribution >= 0.6 is 23.1 Å². The third-order valence-electron chi connectivity index (χ3n) is 3.71. The van der Waals surface area contributed by atoms with Crippen molar-refractivity contribution in [3.63, 3.8) is 0 Å². The summed E-state index contributed by atoms with van der Waals surface area (Å²) in [5, 5.41) is 14.2. The van der Waals surface area contributed by atoms with Crippen molar-refractivity contribution in [1.29, 1.82) is 0 Å². The van der Waals surface area contributed by atoms with Crippen LogP contribution in [0.1, 0.15) is 12.7 Å². The zero-order valence-electron chi connectivity index (χ0n) is 13.6. The minimum Gasteiger partial charge on any atom is -0.379 e. The number of aromatic nitrogens is 4. The molecule has 24 heavy (non-hydrogen) atoms. The molecular weight excluding hydrogens is 348 g/mol. The van der Waals surface area contributed by atoms with Crippen LogP contribution in [0.3, 0.4) is 0 Å². The number of hydrogen-bond acceptors (Lipinski definition) is 8. The van der Waals surface area contributed by atoms with Gasteiger partial charge in [-0.25, -0.2) is 4.98 Å². The van der Waals surface area contributed by atoms with E-state index in [1.165, 1.54) is 23.1 Å². The summed E-state index contributed by atoms with van der Waals surface area (Å²) in [4.78, 5) is 18.6. The SMILES string of the molecule is CC(Sc1nnc(CN2CCOCC2)n1C)C(=O)Nc1nccs1. The molecule has 1 N–H and O–H groups in total. The van der Waals surface area contributed by atoms with Gasteiger partial charge >= 0.3 is 0 Å². The standard InChI is InChI=1S/C14H20N6O2S2/c1-10(12(21)16-13-15-3-8-23-13)24-14-18-17-11(19(14)2)9-20-4-6-22-7-5-20/h3,8,10H,4-7,9H2,1-2H3,(H,15,16,21). The van der Waals surface area contributed by atoms with E-state index in [1.54, 1.807) is 6.20 Å². The minimum atomic E-state index is -0.284. The van der Waals surface area contributed by atoms with Crippen LogP contribution in [-0.4, -0.2) is 62.1 Å². The summed E-state index contributed by atoms with van der Waals surface area (Å²) >= 11 is 2.79. The molecule has 1 aliphatic rings. The first kappa shape index (κ1) is 17.3. The molecule has 1 unspecified atom stereocenters. The van der Waals surface area contributed by atoms with Crippen molar-refractivity contribution in [2.24, 2.45) is 7.05 Å². The molecule has 0 bridgehead atoms. The first-order valence-corrected chi connectivity index (χ1v) is 9.45. The summed E-state index contributed by atoms with van der Waals surface area (Å²) in [5.74, 6) is 0.805. The van der Waals surface area contributed by atoms with Gasteiger partial charge in [-0.05, 0) is 6.92 Å². The van der Waals surface area contributed by atoms with Gasteiger partial charge < -0.3 is 14.6 Å². The molecule has 1 saturated heterocycles. The first-order valence-electron chi connectivity index (χ1n) is 7.69. The topological polar surface area (TPSA) is 85.2 Å². The van der Waals surface area contributed by atoms with Gasteiger partial charge in [0.2, 0.25) is 5.91 Å². The van der Waals surface area contributed by atoms with Gasteiger partial charge in [-0.3, -0.25) is 9.69 Å². The van der Waals surface area contributed by atoms with E-state index in [2.05, 4.69) is 25.4 Å². The second kappa shape index (κ2) is 8.06. The molecule has 1 fully saturated rings. The van der Waals surface area contributed by atoms with Crippen molar-refractivity contribution in [1.82, 2.24) is 24.6 Å². The third-order valence-corrected chi connectivity index (χ3v) is 5.53. The molecule has 10 heteroatoms. The minimum absolute atomic E-state index is 0.0901. The van der Waals surface area contributed by atoms with Crippen molar-refractivity contribution in [2.45, 2.75) is 23.9 Å². The summed E-state index contributed by atoms with van der Waals surface area (Å²) in [6, 6.07) is 0. The van der Waals surface area contributed by atoms with Crippen LogP contribution in [0.25, 0.3) is 0 Å². The number of ether oxygens (including phenoxy) is 1. The van der Waals surface area contributed by atoms with Crippen LogP contribution in [-0.2, 0) is 23.1 Å². The number of morpholine rings is 1. The normalized spacial score (nSPS) is 16.9. The van der Waals surface area contributed by atoms with Gasteiger partial charge in [-0.2, -0.15) is 0 Å². The lowest BCUT2D eigenvalue weighted by Crippen LogP contribution is -2.36. The van der Waals surface area contributed by atoms with E-state index < -0.39 is 0 Å². The van der Waals surface area contributed by atoms with Gasteiger partial charge in [0.15, 0.2) is 10.3 Å². The number of nitrogens with zero attached hydrogens (tertiary/aromatic N) is 5. The predicted octanol–water partition coefficient (Wildman–Crippen LogP) is 1.22. The van der Waals surface area contributed by atoms with E-state index in [9.17, 15) is 4.79 Å². The molecule has 3 heterocycles. The van der Waals surface area contributed by atoms with Crippen molar-refractivity contribution >= 4 is 34.1 Å². The third kappa shape index (κ3) is 4.32. The number of carbonyl (C=O) groups is 1. The lowest BCUT2D eigenvalue weighted by Gasteiger charge is -2.25. The first-order chi connectivity index (χ1) is 11.6. The molecule has 1 aliphatic heterocycles. The zero-order chi connectivity index (χ0) is 16.9. The van der Waals surface area contributed by atoms with Crippen LogP contribution in [0.2, 0.25) is 0 Å². The zero-order valence-corrected chi connectivity index (χ0v) is 15.3. The number of thiazole rings is 1. The molecule has 0 aliphatic carbocycles. The van der Waals surface area contributed by atoms with E-state index in [-0.39, 0.29) is 11.2 Å². The molecule has 130 valence electrons. The second-order valence-corrected chi connectivity index (χ2v) is 7.64.